The van der Waals surface area contributed by atoms with E-state index in [1.165, 1.54) is 12.0 Å². The summed E-state index contributed by atoms with van der Waals surface area (Å²) in [6.45, 7) is 8.78. The van der Waals surface area contributed by atoms with Gasteiger partial charge in [-0.25, -0.2) is 0 Å². The Morgan fingerprint density at radius 1 is 1.14 bits per heavy atom. The van der Waals surface area contributed by atoms with Crippen LogP contribution in [-0.4, -0.2) is 27.3 Å². The molecule has 2 aliphatic rings. The Morgan fingerprint density at radius 3 is 2.24 bits per heavy atom. The van der Waals surface area contributed by atoms with Crippen LogP contribution in [0, 0.1) is 23.2 Å². The van der Waals surface area contributed by atoms with Crippen molar-refractivity contribution in [2.24, 2.45) is 23.2 Å². The number of hydrogen-bond acceptors (Lipinski definition) is 4. The van der Waals surface area contributed by atoms with Crippen molar-refractivity contribution in [2.75, 3.05) is 0 Å². The first kappa shape index (κ1) is 21.8. The van der Waals surface area contributed by atoms with Crippen LogP contribution in [0.5, 0.6) is 0 Å². The fourth-order valence-corrected chi connectivity index (χ4v) is 5.09. The Balaban J connectivity index is 1.77. The molecule has 0 radical (unpaired) electrons. The molecule has 0 spiro atoms. The summed E-state index contributed by atoms with van der Waals surface area (Å²) in [6, 6.07) is 0. The van der Waals surface area contributed by atoms with E-state index in [4.69, 9.17) is 4.52 Å². The lowest BCUT2D eigenvalue weighted by atomic mass is 9.67. The molecule has 2 saturated carbocycles. The van der Waals surface area contributed by atoms with Crippen LogP contribution in [0.1, 0.15) is 101 Å². The highest BCUT2D eigenvalue weighted by Gasteiger charge is 2.42. The maximum absolute atomic E-state index is 11.6. The first-order valence-corrected chi connectivity index (χ1v) is 11.0. The molecule has 1 heterocycles. The Hall–Kier alpha value is -1.85. The lowest BCUT2D eigenvalue weighted by Gasteiger charge is -2.38. The van der Waals surface area contributed by atoms with Gasteiger partial charge in [-0.1, -0.05) is 39.3 Å². The summed E-state index contributed by atoms with van der Waals surface area (Å²) in [5, 5.41) is 23.2. The summed E-state index contributed by atoms with van der Waals surface area (Å²) in [4.78, 5) is 23.1. The van der Waals surface area contributed by atoms with Crippen molar-refractivity contribution in [3.8, 4) is 0 Å². The standard InChI is InChI=1S/C23H35NO5/c1-5-6-15(19(21(25)26)22(27)28)11-17-18(14-7-8-14)20(29-24-17)16-9-13(10-16)12-23(2,3)4/h13-16,19H,5-12H2,1-4H3,(H,25,26)(H,27,28). The highest BCUT2D eigenvalue weighted by molar-refractivity contribution is 5.93. The number of carboxylic acid groups (broad SMARTS) is 2. The zero-order valence-electron chi connectivity index (χ0n) is 18.1. The number of carboxylic acids is 2. The zero-order valence-corrected chi connectivity index (χ0v) is 18.1. The summed E-state index contributed by atoms with van der Waals surface area (Å²) in [6.07, 6.45) is 7.33. The molecule has 0 saturated heterocycles. The SMILES string of the molecule is CCCC(Cc1noc(C2CC(CC(C)(C)C)C2)c1C1CC1)C(C(=O)O)C(=O)O. The molecule has 6 heteroatoms. The Labute approximate surface area is 173 Å². The van der Waals surface area contributed by atoms with E-state index in [1.54, 1.807) is 0 Å². The van der Waals surface area contributed by atoms with Gasteiger partial charge in [0.15, 0.2) is 5.92 Å². The fourth-order valence-electron chi connectivity index (χ4n) is 5.09. The van der Waals surface area contributed by atoms with Crippen molar-refractivity contribution >= 4 is 11.9 Å². The van der Waals surface area contributed by atoms with Crippen LogP contribution in [0.2, 0.25) is 0 Å². The van der Waals surface area contributed by atoms with Gasteiger partial charge in [-0.2, -0.15) is 0 Å². The summed E-state index contributed by atoms with van der Waals surface area (Å²) < 4.78 is 5.81. The molecule has 0 aliphatic heterocycles. The molecule has 2 aliphatic carbocycles. The Morgan fingerprint density at radius 2 is 1.76 bits per heavy atom. The predicted molar refractivity (Wildman–Crippen MR) is 109 cm³/mol. The summed E-state index contributed by atoms with van der Waals surface area (Å²) in [5.74, 6) is -1.85. The minimum atomic E-state index is -1.40. The van der Waals surface area contributed by atoms with Crippen molar-refractivity contribution in [3.63, 3.8) is 0 Å². The number of carbonyl (C=O) groups is 2. The van der Waals surface area contributed by atoms with Gasteiger partial charge >= 0.3 is 11.9 Å². The summed E-state index contributed by atoms with van der Waals surface area (Å²) >= 11 is 0. The molecule has 29 heavy (non-hydrogen) atoms. The average Bonchev–Trinajstić information content (AvgIpc) is 3.30. The van der Waals surface area contributed by atoms with Gasteiger partial charge in [0.2, 0.25) is 0 Å². The van der Waals surface area contributed by atoms with Gasteiger partial charge in [0.05, 0.1) is 5.69 Å². The van der Waals surface area contributed by atoms with E-state index in [0.717, 1.165) is 49.5 Å². The molecular weight excluding hydrogens is 370 g/mol. The lowest BCUT2D eigenvalue weighted by Crippen LogP contribution is -2.32. The quantitative estimate of drug-likeness (QED) is 0.517. The third kappa shape index (κ3) is 5.20. The minimum Gasteiger partial charge on any atom is -0.481 e. The minimum absolute atomic E-state index is 0.331. The molecule has 2 fully saturated rings. The predicted octanol–water partition coefficient (Wildman–Crippen LogP) is 5.23. The van der Waals surface area contributed by atoms with Crippen LogP contribution in [0.25, 0.3) is 0 Å². The van der Waals surface area contributed by atoms with E-state index in [-0.39, 0.29) is 0 Å². The van der Waals surface area contributed by atoms with Gasteiger partial charge in [0.1, 0.15) is 5.76 Å². The monoisotopic (exact) mass is 405 g/mol. The lowest BCUT2D eigenvalue weighted by molar-refractivity contribution is -0.157. The Bertz CT molecular complexity index is 723. The first-order chi connectivity index (χ1) is 13.6. The second kappa shape index (κ2) is 8.49. The number of rotatable bonds is 10. The van der Waals surface area contributed by atoms with Gasteiger partial charge in [0.25, 0.3) is 0 Å². The topological polar surface area (TPSA) is 101 Å². The largest absolute Gasteiger partial charge is 0.481 e. The van der Waals surface area contributed by atoms with Crippen molar-refractivity contribution in [2.45, 2.75) is 90.9 Å². The smallest absolute Gasteiger partial charge is 0.318 e. The van der Waals surface area contributed by atoms with E-state index >= 15 is 0 Å². The number of aliphatic carboxylic acids is 2. The number of hydrogen-bond donors (Lipinski definition) is 2. The first-order valence-electron chi connectivity index (χ1n) is 11.0. The van der Waals surface area contributed by atoms with E-state index in [1.807, 2.05) is 6.92 Å². The van der Waals surface area contributed by atoms with Gasteiger partial charge < -0.3 is 14.7 Å². The van der Waals surface area contributed by atoms with Crippen molar-refractivity contribution in [3.05, 3.63) is 17.0 Å². The zero-order chi connectivity index (χ0) is 21.3. The normalized spacial score (nSPS) is 23.1. The van der Waals surface area contributed by atoms with Gasteiger partial charge in [-0.3, -0.25) is 9.59 Å². The third-order valence-corrected chi connectivity index (χ3v) is 6.44. The van der Waals surface area contributed by atoms with Crippen LogP contribution < -0.4 is 0 Å². The highest BCUT2D eigenvalue weighted by atomic mass is 16.5. The molecule has 0 bridgehead atoms. The van der Waals surface area contributed by atoms with Crippen LogP contribution >= 0.6 is 0 Å². The van der Waals surface area contributed by atoms with Crippen LogP contribution in [0.4, 0.5) is 0 Å². The molecule has 162 valence electrons. The fraction of sp³-hybridized carbons (Fsp3) is 0.783. The maximum atomic E-state index is 11.6. The van der Waals surface area contributed by atoms with Gasteiger partial charge in [-0.05, 0) is 68.1 Å². The van der Waals surface area contributed by atoms with Crippen LogP contribution in [0.15, 0.2) is 4.52 Å². The molecule has 6 nitrogen and oxygen atoms in total. The van der Waals surface area contributed by atoms with Crippen LogP contribution in [0.3, 0.4) is 0 Å². The molecule has 0 amide bonds. The molecule has 1 aromatic heterocycles. The van der Waals surface area contributed by atoms with Crippen molar-refractivity contribution in [1.82, 2.24) is 5.16 Å². The van der Waals surface area contributed by atoms with Crippen molar-refractivity contribution in [1.29, 1.82) is 0 Å². The second-order valence-corrected chi connectivity index (χ2v) is 10.4. The van der Waals surface area contributed by atoms with Crippen molar-refractivity contribution < 1.29 is 24.3 Å². The molecule has 0 aromatic carbocycles. The summed E-state index contributed by atoms with van der Waals surface area (Å²) in [5.41, 5.74) is 2.30. The maximum Gasteiger partial charge on any atom is 0.318 e. The number of aromatic nitrogens is 1. The molecular formula is C23H35NO5. The molecule has 2 N–H and O–H groups in total. The van der Waals surface area contributed by atoms with Gasteiger partial charge in [-0.15, -0.1) is 0 Å². The third-order valence-electron chi connectivity index (χ3n) is 6.44. The second-order valence-electron chi connectivity index (χ2n) is 10.4. The van der Waals surface area contributed by atoms with E-state index in [9.17, 15) is 19.8 Å². The number of nitrogens with zero attached hydrogens (tertiary/aromatic N) is 1. The molecule has 1 atom stereocenters. The molecule has 3 rings (SSSR count). The highest BCUT2D eigenvalue weighted by Crippen LogP contribution is 2.52. The van der Waals surface area contributed by atoms with Gasteiger partial charge in [0, 0.05) is 11.5 Å². The molecule has 1 unspecified atom stereocenters. The summed E-state index contributed by atoms with van der Waals surface area (Å²) in [7, 11) is 0. The Kier molecular flexibility index (Phi) is 6.39. The average molecular weight is 406 g/mol. The van der Waals surface area contributed by atoms with E-state index in [2.05, 4.69) is 25.9 Å². The van der Waals surface area contributed by atoms with Crippen LogP contribution in [-0.2, 0) is 16.0 Å². The van der Waals surface area contributed by atoms with E-state index in [0.29, 0.717) is 30.1 Å². The van der Waals surface area contributed by atoms with E-state index < -0.39 is 23.8 Å². The molecule has 1 aromatic rings.